The van der Waals surface area contributed by atoms with Crippen LogP contribution in [0.25, 0.3) is 0 Å². The molecule has 0 spiro atoms. The van der Waals surface area contributed by atoms with E-state index >= 15 is 0 Å². The predicted octanol–water partition coefficient (Wildman–Crippen LogP) is 13.9. The van der Waals surface area contributed by atoms with Gasteiger partial charge in [-0.25, -0.2) is 0 Å². The van der Waals surface area contributed by atoms with Gasteiger partial charge in [-0.1, -0.05) is 172 Å². The van der Waals surface area contributed by atoms with Gasteiger partial charge in [0.25, 0.3) is 0 Å². The van der Waals surface area contributed by atoms with Crippen LogP contribution in [0.3, 0.4) is 0 Å². The molecule has 0 heterocycles. The van der Waals surface area contributed by atoms with E-state index in [-0.39, 0.29) is 0 Å². The molecule has 8 atom stereocenters. The van der Waals surface area contributed by atoms with Crippen molar-refractivity contribution in [2.45, 2.75) is 198 Å². The summed E-state index contributed by atoms with van der Waals surface area (Å²) in [6, 6.07) is 0. The van der Waals surface area contributed by atoms with E-state index in [9.17, 15) is 0 Å². The standard InChI is InChI=1S/C40H78/c1-31(19-13-21-33(3)25-27-37-35(5)23-15-29-39(37,7)8)17-11-12-18-32(2)20-14-22-34(4)26-28-38-36(6)24-16-30-40(38,9)10/h31-38H,11-30H2,1-10H3/t31-,32+,33-,34+,35-,36+,37-,38-/m1/s1. The van der Waals surface area contributed by atoms with Crippen LogP contribution in [0, 0.1) is 58.2 Å². The molecule has 0 heteroatoms. The summed E-state index contributed by atoms with van der Waals surface area (Å²) in [5.41, 5.74) is 1.15. The molecule has 0 unspecified atom stereocenters. The van der Waals surface area contributed by atoms with Crippen LogP contribution in [0.4, 0.5) is 0 Å². The molecule has 238 valence electrons. The predicted molar refractivity (Wildman–Crippen MR) is 182 cm³/mol. The summed E-state index contributed by atoms with van der Waals surface area (Å²) in [4.78, 5) is 0. The first-order valence-electron chi connectivity index (χ1n) is 18.8. The monoisotopic (exact) mass is 559 g/mol. The van der Waals surface area contributed by atoms with E-state index in [1.807, 2.05) is 0 Å². The van der Waals surface area contributed by atoms with Gasteiger partial charge in [0.15, 0.2) is 0 Å². The van der Waals surface area contributed by atoms with Crippen molar-refractivity contribution in [2.75, 3.05) is 0 Å². The van der Waals surface area contributed by atoms with Crippen LogP contribution in [0.1, 0.15) is 198 Å². The Hall–Kier alpha value is 0. The highest BCUT2D eigenvalue weighted by atomic mass is 14.4. The highest BCUT2D eigenvalue weighted by molar-refractivity contribution is 4.87. The molecule has 0 aromatic heterocycles. The van der Waals surface area contributed by atoms with Crippen molar-refractivity contribution in [3.05, 3.63) is 0 Å². The maximum absolute atomic E-state index is 2.54. The van der Waals surface area contributed by atoms with E-state index in [1.165, 1.54) is 128 Å². The van der Waals surface area contributed by atoms with Gasteiger partial charge in [0, 0.05) is 0 Å². The van der Waals surface area contributed by atoms with Gasteiger partial charge in [0.05, 0.1) is 0 Å². The number of hydrogen-bond acceptors (Lipinski definition) is 0. The fourth-order valence-corrected chi connectivity index (χ4v) is 9.54. The maximum Gasteiger partial charge on any atom is -0.0323 e. The fraction of sp³-hybridized carbons (Fsp3) is 1.00. The lowest BCUT2D eigenvalue weighted by molar-refractivity contribution is 0.0705. The van der Waals surface area contributed by atoms with Crippen LogP contribution in [-0.2, 0) is 0 Å². The zero-order chi connectivity index (χ0) is 29.8. The first-order valence-corrected chi connectivity index (χ1v) is 18.8. The largest absolute Gasteiger partial charge is 0.0625 e. The number of hydrogen-bond donors (Lipinski definition) is 0. The summed E-state index contributed by atoms with van der Waals surface area (Å²) >= 11 is 0. The number of unbranched alkanes of at least 4 members (excludes halogenated alkanes) is 1. The minimum Gasteiger partial charge on any atom is -0.0625 e. The average molecular weight is 559 g/mol. The van der Waals surface area contributed by atoms with E-state index < -0.39 is 0 Å². The second-order valence-corrected chi connectivity index (χ2v) is 17.7. The van der Waals surface area contributed by atoms with Gasteiger partial charge in [0.2, 0.25) is 0 Å². The minimum absolute atomic E-state index is 0.576. The lowest BCUT2D eigenvalue weighted by Gasteiger charge is -2.43. The van der Waals surface area contributed by atoms with Crippen molar-refractivity contribution in [3.63, 3.8) is 0 Å². The van der Waals surface area contributed by atoms with Crippen molar-refractivity contribution >= 4 is 0 Å². The van der Waals surface area contributed by atoms with Crippen LogP contribution in [0.5, 0.6) is 0 Å². The molecule has 0 aliphatic heterocycles. The van der Waals surface area contributed by atoms with Crippen LogP contribution >= 0.6 is 0 Å². The first kappa shape index (κ1) is 36.2. The van der Waals surface area contributed by atoms with Gasteiger partial charge in [-0.15, -0.1) is 0 Å². The second kappa shape index (κ2) is 18.0. The molecule has 40 heavy (non-hydrogen) atoms. The van der Waals surface area contributed by atoms with Crippen molar-refractivity contribution in [3.8, 4) is 0 Å². The molecule has 0 N–H and O–H groups in total. The Morgan fingerprint density at radius 2 is 0.775 bits per heavy atom. The Labute approximate surface area is 255 Å². The van der Waals surface area contributed by atoms with Gasteiger partial charge in [-0.05, 0) is 83.9 Å². The van der Waals surface area contributed by atoms with Crippen LogP contribution < -0.4 is 0 Å². The molecule has 0 radical (unpaired) electrons. The Bertz CT molecular complexity index is 586. The van der Waals surface area contributed by atoms with E-state index in [1.54, 1.807) is 0 Å². The quantitative estimate of drug-likeness (QED) is 0.138. The summed E-state index contributed by atoms with van der Waals surface area (Å²) in [5, 5.41) is 0. The summed E-state index contributed by atoms with van der Waals surface area (Å²) in [6.07, 6.45) is 29.2. The molecule has 0 aromatic rings. The highest BCUT2D eigenvalue weighted by Gasteiger charge is 2.37. The van der Waals surface area contributed by atoms with Crippen LogP contribution in [0.2, 0.25) is 0 Å². The van der Waals surface area contributed by atoms with Crippen molar-refractivity contribution in [1.82, 2.24) is 0 Å². The third-order valence-corrected chi connectivity index (χ3v) is 12.7. The van der Waals surface area contributed by atoms with Gasteiger partial charge in [-0.3, -0.25) is 0 Å². The first-order chi connectivity index (χ1) is 18.8. The zero-order valence-electron chi connectivity index (χ0n) is 29.8. The third-order valence-electron chi connectivity index (χ3n) is 12.7. The Kier molecular flexibility index (Phi) is 16.2. The SMILES string of the molecule is C[C@H](CCCC[C@H](C)CCC[C@H](C)CC[C@@H]1[C@@H](C)CCCC1(C)C)CCC[C@@H](C)CC[C@@H]1[C@H](C)CCCC1(C)C. The Morgan fingerprint density at radius 3 is 1.10 bits per heavy atom. The van der Waals surface area contributed by atoms with Crippen molar-refractivity contribution in [2.24, 2.45) is 58.2 Å². The van der Waals surface area contributed by atoms with E-state index in [2.05, 4.69) is 69.2 Å². The molecule has 2 aliphatic carbocycles. The summed E-state index contributed by atoms with van der Waals surface area (Å²) in [5.74, 6) is 7.49. The summed E-state index contributed by atoms with van der Waals surface area (Å²) in [7, 11) is 0. The molecule has 0 bridgehead atoms. The molecular weight excluding hydrogens is 480 g/mol. The molecule has 0 amide bonds. The average Bonchev–Trinajstić information content (AvgIpc) is 2.85. The van der Waals surface area contributed by atoms with Gasteiger partial charge in [0.1, 0.15) is 0 Å². The molecule has 2 saturated carbocycles. The molecule has 0 aromatic carbocycles. The fourth-order valence-electron chi connectivity index (χ4n) is 9.54. The lowest BCUT2D eigenvalue weighted by atomic mass is 9.62. The number of rotatable bonds is 19. The van der Waals surface area contributed by atoms with Gasteiger partial charge < -0.3 is 0 Å². The van der Waals surface area contributed by atoms with Crippen LogP contribution in [0.15, 0.2) is 0 Å². The third kappa shape index (κ3) is 13.1. The lowest BCUT2D eigenvalue weighted by Crippen LogP contribution is -2.33. The van der Waals surface area contributed by atoms with Crippen molar-refractivity contribution in [1.29, 1.82) is 0 Å². The minimum atomic E-state index is 0.576. The Morgan fingerprint density at radius 1 is 0.475 bits per heavy atom. The zero-order valence-corrected chi connectivity index (χ0v) is 29.8. The Balaban J connectivity index is 1.46. The molecule has 0 saturated heterocycles. The van der Waals surface area contributed by atoms with E-state index in [0.717, 1.165) is 47.3 Å². The summed E-state index contributed by atoms with van der Waals surface area (Å²) in [6.45, 7) is 25.3. The van der Waals surface area contributed by atoms with Gasteiger partial charge >= 0.3 is 0 Å². The summed E-state index contributed by atoms with van der Waals surface area (Å²) < 4.78 is 0. The maximum atomic E-state index is 2.54. The topological polar surface area (TPSA) is 0 Å². The molecule has 2 rings (SSSR count). The molecule has 2 aliphatic rings. The van der Waals surface area contributed by atoms with E-state index in [4.69, 9.17) is 0 Å². The molecule has 2 fully saturated rings. The normalized spacial score (nSPS) is 29.6. The van der Waals surface area contributed by atoms with Crippen molar-refractivity contribution < 1.29 is 0 Å². The molecule has 0 nitrogen and oxygen atoms in total. The smallest absolute Gasteiger partial charge is 0.0323 e. The van der Waals surface area contributed by atoms with Crippen LogP contribution in [-0.4, -0.2) is 0 Å². The van der Waals surface area contributed by atoms with E-state index in [0.29, 0.717) is 10.8 Å². The molecular formula is C40H78. The highest BCUT2D eigenvalue weighted by Crippen LogP contribution is 2.47. The second-order valence-electron chi connectivity index (χ2n) is 17.7. The van der Waals surface area contributed by atoms with Gasteiger partial charge in [-0.2, -0.15) is 0 Å².